The van der Waals surface area contributed by atoms with E-state index in [1.807, 2.05) is 7.05 Å². The largest absolute Gasteiger partial charge is 0.419 e. The summed E-state index contributed by atoms with van der Waals surface area (Å²) in [6.45, 7) is 4.31. The first-order valence-corrected chi connectivity index (χ1v) is 6.51. The highest BCUT2D eigenvalue weighted by Gasteiger charge is 2.38. The van der Waals surface area contributed by atoms with Crippen LogP contribution in [0.2, 0.25) is 0 Å². The van der Waals surface area contributed by atoms with E-state index in [2.05, 4.69) is 24.3 Å². The molecule has 0 aromatic carbocycles. The molecule has 1 saturated carbocycles. The zero-order chi connectivity index (χ0) is 14.3. The van der Waals surface area contributed by atoms with Gasteiger partial charge in [0.05, 0.1) is 17.8 Å². The van der Waals surface area contributed by atoms with Gasteiger partial charge in [-0.15, -0.1) is 0 Å². The van der Waals surface area contributed by atoms with E-state index < -0.39 is 11.7 Å². The van der Waals surface area contributed by atoms with Crippen LogP contribution in [-0.4, -0.2) is 22.9 Å². The highest BCUT2D eigenvalue weighted by atomic mass is 19.4. The maximum Gasteiger partial charge on any atom is 0.419 e. The van der Waals surface area contributed by atoms with E-state index in [9.17, 15) is 13.2 Å². The molecule has 108 valence electrons. The molecular formula is C13H20F3N3. The van der Waals surface area contributed by atoms with Crippen molar-refractivity contribution in [2.45, 2.75) is 51.4 Å². The molecular weight excluding hydrogens is 255 g/mol. The maximum absolute atomic E-state index is 12.6. The van der Waals surface area contributed by atoms with Gasteiger partial charge in [-0.1, -0.05) is 13.8 Å². The zero-order valence-electron chi connectivity index (χ0n) is 11.5. The summed E-state index contributed by atoms with van der Waals surface area (Å²) >= 11 is 0. The third-order valence-corrected chi connectivity index (χ3v) is 4.00. The summed E-state index contributed by atoms with van der Waals surface area (Å²) in [5.74, 6) is 0. The lowest BCUT2D eigenvalue weighted by atomic mass is 9.73. The number of nitrogens with zero attached hydrogens (tertiary/aromatic N) is 2. The fourth-order valence-electron chi connectivity index (χ4n) is 2.83. The minimum Gasteiger partial charge on any atom is -0.315 e. The highest BCUT2D eigenvalue weighted by molar-refractivity contribution is 5.10. The maximum atomic E-state index is 12.6. The first-order valence-electron chi connectivity index (χ1n) is 6.51. The summed E-state index contributed by atoms with van der Waals surface area (Å²) < 4.78 is 39.4. The van der Waals surface area contributed by atoms with Crippen molar-refractivity contribution in [3.63, 3.8) is 0 Å². The highest BCUT2D eigenvalue weighted by Crippen LogP contribution is 2.41. The minimum absolute atomic E-state index is 0.0233. The second kappa shape index (κ2) is 4.81. The van der Waals surface area contributed by atoms with Crippen molar-refractivity contribution in [3.8, 4) is 0 Å². The molecule has 1 aliphatic rings. The second-order valence-corrected chi connectivity index (χ2v) is 6.08. The Morgan fingerprint density at radius 3 is 2.63 bits per heavy atom. The number of rotatable bonds is 2. The van der Waals surface area contributed by atoms with Crippen LogP contribution in [-0.2, 0) is 6.18 Å². The van der Waals surface area contributed by atoms with E-state index in [1.165, 1.54) is 4.68 Å². The standard InChI is InChI=1S/C13H20F3N3/c1-12(2)5-4-10(17-3)11(6-12)19-8-9(7-18-19)13(14,15)16/h7-8,10-11,17H,4-6H2,1-3H3. The summed E-state index contributed by atoms with van der Waals surface area (Å²) in [5, 5.41) is 7.12. The number of nitrogens with one attached hydrogen (secondary N) is 1. The Morgan fingerprint density at radius 1 is 1.42 bits per heavy atom. The fraction of sp³-hybridized carbons (Fsp3) is 0.769. The molecule has 0 saturated heterocycles. The molecule has 1 aromatic rings. The molecule has 0 bridgehead atoms. The first-order chi connectivity index (χ1) is 8.73. The zero-order valence-corrected chi connectivity index (χ0v) is 11.5. The van der Waals surface area contributed by atoms with Gasteiger partial charge in [-0.25, -0.2) is 0 Å². The number of hydrogen-bond acceptors (Lipinski definition) is 2. The predicted molar refractivity (Wildman–Crippen MR) is 66.7 cm³/mol. The van der Waals surface area contributed by atoms with Crippen molar-refractivity contribution in [1.29, 1.82) is 0 Å². The van der Waals surface area contributed by atoms with Gasteiger partial charge in [0.2, 0.25) is 0 Å². The Hall–Kier alpha value is -1.04. The van der Waals surface area contributed by atoms with E-state index in [0.717, 1.165) is 31.7 Å². The summed E-state index contributed by atoms with van der Waals surface area (Å²) in [5.41, 5.74) is -0.534. The number of alkyl halides is 3. The quantitative estimate of drug-likeness (QED) is 0.898. The van der Waals surface area contributed by atoms with Gasteiger partial charge in [0.15, 0.2) is 0 Å². The molecule has 1 aromatic heterocycles. The van der Waals surface area contributed by atoms with Gasteiger partial charge in [-0.05, 0) is 31.7 Å². The van der Waals surface area contributed by atoms with Crippen LogP contribution in [0.1, 0.15) is 44.7 Å². The van der Waals surface area contributed by atoms with Crippen molar-refractivity contribution in [1.82, 2.24) is 15.1 Å². The minimum atomic E-state index is -4.32. The molecule has 0 aliphatic heterocycles. The van der Waals surface area contributed by atoms with E-state index in [0.29, 0.717) is 0 Å². The second-order valence-electron chi connectivity index (χ2n) is 6.08. The van der Waals surface area contributed by atoms with Gasteiger partial charge < -0.3 is 5.32 Å². The molecule has 1 heterocycles. The van der Waals surface area contributed by atoms with Crippen LogP contribution in [0.4, 0.5) is 13.2 Å². The number of halogens is 3. The van der Waals surface area contributed by atoms with E-state index >= 15 is 0 Å². The summed E-state index contributed by atoms with van der Waals surface area (Å²) in [7, 11) is 1.85. The van der Waals surface area contributed by atoms with Crippen molar-refractivity contribution < 1.29 is 13.2 Å². The van der Waals surface area contributed by atoms with E-state index in [-0.39, 0.29) is 17.5 Å². The smallest absolute Gasteiger partial charge is 0.315 e. The molecule has 1 N–H and O–H groups in total. The summed E-state index contributed by atoms with van der Waals surface area (Å²) in [4.78, 5) is 0. The van der Waals surface area contributed by atoms with E-state index in [4.69, 9.17) is 0 Å². The molecule has 0 spiro atoms. The number of likely N-dealkylation sites (N-methyl/N-ethyl adjacent to an activating group) is 1. The molecule has 19 heavy (non-hydrogen) atoms. The molecule has 0 radical (unpaired) electrons. The van der Waals surface area contributed by atoms with Gasteiger partial charge in [0.25, 0.3) is 0 Å². The topological polar surface area (TPSA) is 29.9 Å². The number of hydrogen-bond donors (Lipinski definition) is 1. The molecule has 2 rings (SSSR count). The molecule has 2 atom stereocenters. The third-order valence-electron chi connectivity index (χ3n) is 4.00. The van der Waals surface area contributed by atoms with E-state index in [1.54, 1.807) is 0 Å². The molecule has 3 nitrogen and oxygen atoms in total. The molecule has 1 fully saturated rings. The lowest BCUT2D eigenvalue weighted by Gasteiger charge is -2.40. The van der Waals surface area contributed by atoms with Gasteiger partial charge in [-0.3, -0.25) is 4.68 Å². The Balaban J connectivity index is 2.25. The Kier molecular flexibility index (Phi) is 3.64. The van der Waals surface area contributed by atoms with Crippen LogP contribution in [0, 0.1) is 5.41 Å². The van der Waals surface area contributed by atoms with Crippen LogP contribution in [0.15, 0.2) is 12.4 Å². The average molecular weight is 275 g/mol. The van der Waals surface area contributed by atoms with Crippen molar-refractivity contribution >= 4 is 0 Å². The van der Waals surface area contributed by atoms with Crippen LogP contribution in [0.5, 0.6) is 0 Å². The molecule has 6 heteroatoms. The number of aromatic nitrogens is 2. The average Bonchev–Trinajstić information content (AvgIpc) is 2.76. The van der Waals surface area contributed by atoms with Crippen LogP contribution in [0.3, 0.4) is 0 Å². The first kappa shape index (κ1) is 14.4. The fourth-order valence-corrected chi connectivity index (χ4v) is 2.83. The lowest BCUT2D eigenvalue weighted by molar-refractivity contribution is -0.137. The monoisotopic (exact) mass is 275 g/mol. The predicted octanol–water partition coefficient (Wildman–Crippen LogP) is 3.24. The van der Waals surface area contributed by atoms with Gasteiger partial charge in [0.1, 0.15) is 0 Å². The Labute approximate surface area is 111 Å². The lowest BCUT2D eigenvalue weighted by Crippen LogP contribution is -2.42. The summed E-state index contributed by atoms with van der Waals surface area (Å²) in [6.07, 6.45) is 0.567. The molecule has 2 unspecified atom stereocenters. The van der Waals surface area contributed by atoms with Crippen molar-refractivity contribution in [2.24, 2.45) is 5.41 Å². The van der Waals surface area contributed by atoms with Gasteiger partial charge in [-0.2, -0.15) is 18.3 Å². The molecule has 1 aliphatic carbocycles. The summed E-state index contributed by atoms with van der Waals surface area (Å²) in [6, 6.07) is 0.152. The Bertz CT molecular complexity index is 437. The van der Waals surface area contributed by atoms with Gasteiger partial charge >= 0.3 is 6.18 Å². The van der Waals surface area contributed by atoms with Gasteiger partial charge in [0, 0.05) is 12.2 Å². The Morgan fingerprint density at radius 2 is 2.11 bits per heavy atom. The third kappa shape index (κ3) is 3.11. The molecule has 0 amide bonds. The van der Waals surface area contributed by atoms with Crippen LogP contribution < -0.4 is 5.32 Å². The van der Waals surface area contributed by atoms with Crippen LogP contribution >= 0.6 is 0 Å². The van der Waals surface area contributed by atoms with Crippen LogP contribution in [0.25, 0.3) is 0 Å². The normalized spacial score (nSPS) is 27.5. The SMILES string of the molecule is CNC1CCC(C)(C)CC1n1cc(C(F)(F)F)cn1. The van der Waals surface area contributed by atoms with Crippen molar-refractivity contribution in [3.05, 3.63) is 18.0 Å². The van der Waals surface area contributed by atoms with Crippen molar-refractivity contribution in [2.75, 3.05) is 7.05 Å².